The van der Waals surface area contributed by atoms with Gasteiger partial charge in [0, 0.05) is 0 Å². The van der Waals surface area contributed by atoms with Crippen LogP contribution in [0.2, 0.25) is 39.3 Å². The number of rotatable bonds is 2. The Bertz CT molecular complexity index is 890. The van der Waals surface area contributed by atoms with Crippen molar-refractivity contribution in [2.24, 2.45) is 0 Å². The summed E-state index contributed by atoms with van der Waals surface area (Å²) in [5.41, 5.74) is 5.86. The molecule has 0 heterocycles. The Hall–Kier alpha value is -1.65. The molecule has 0 saturated heterocycles. The molecule has 0 fully saturated rings. The monoisotopic (exact) mass is 346 g/mol. The van der Waals surface area contributed by atoms with Gasteiger partial charge >= 0.3 is 0 Å². The second-order valence-corrected chi connectivity index (χ2v) is 19.3. The van der Waals surface area contributed by atoms with Crippen molar-refractivity contribution in [3.63, 3.8) is 0 Å². The summed E-state index contributed by atoms with van der Waals surface area (Å²) in [7, 11) is -2.70. The Morgan fingerprint density at radius 1 is 0.500 bits per heavy atom. The van der Waals surface area contributed by atoms with Gasteiger partial charge in [-0.05, 0) is 45.2 Å². The van der Waals surface area contributed by atoms with Gasteiger partial charge in [-0.15, -0.1) is 0 Å². The largest absolute Gasteiger partial charge is 0.0774 e. The van der Waals surface area contributed by atoms with E-state index in [1.165, 1.54) is 33.0 Å². The van der Waals surface area contributed by atoms with E-state index >= 15 is 0 Å². The highest BCUT2D eigenvalue weighted by Crippen LogP contribution is 2.48. The zero-order chi connectivity index (χ0) is 17.3. The van der Waals surface area contributed by atoms with Crippen LogP contribution >= 0.6 is 0 Å². The Labute approximate surface area is 147 Å². The fourth-order valence-corrected chi connectivity index (χ4v) is 9.07. The zero-order valence-corrected chi connectivity index (χ0v) is 17.6. The average Bonchev–Trinajstić information content (AvgIpc) is 2.49. The Morgan fingerprint density at radius 3 is 1.17 bits per heavy atom. The van der Waals surface area contributed by atoms with Crippen LogP contribution in [0.5, 0.6) is 0 Å². The average molecular weight is 347 g/mol. The first-order valence-electron chi connectivity index (χ1n) is 8.89. The van der Waals surface area contributed by atoms with Crippen LogP contribution in [0.3, 0.4) is 0 Å². The molecule has 0 saturated carbocycles. The molecule has 3 aromatic carbocycles. The van der Waals surface area contributed by atoms with Gasteiger partial charge < -0.3 is 0 Å². The van der Waals surface area contributed by atoms with E-state index in [4.69, 9.17) is 0 Å². The van der Waals surface area contributed by atoms with Gasteiger partial charge in [-0.2, -0.15) is 0 Å². The van der Waals surface area contributed by atoms with E-state index in [0.717, 1.165) is 0 Å². The van der Waals surface area contributed by atoms with Crippen LogP contribution in [0.1, 0.15) is 0 Å². The molecular weight excluding hydrogens is 320 g/mol. The van der Waals surface area contributed by atoms with Crippen molar-refractivity contribution in [1.82, 2.24) is 0 Å². The summed E-state index contributed by atoms with van der Waals surface area (Å²) < 4.78 is 0. The Balaban J connectivity index is 1.98. The molecule has 0 bridgehead atoms. The standard InChI is InChI=1S/C22H26Si2/c1-23(2,3)21-13-19-17-11-15-9-7-8-10-16(15)12-18(17)20(19)14-22(21)24(4,5)6/h7-14H,1-6H3. The molecule has 0 N–H and O–H groups in total. The van der Waals surface area contributed by atoms with Crippen molar-refractivity contribution < 1.29 is 0 Å². The lowest BCUT2D eigenvalue weighted by atomic mass is 9.79. The van der Waals surface area contributed by atoms with Crippen LogP contribution < -0.4 is 10.4 Å². The van der Waals surface area contributed by atoms with Crippen LogP contribution in [0.15, 0.2) is 48.5 Å². The van der Waals surface area contributed by atoms with Crippen LogP contribution in [0.4, 0.5) is 0 Å². The molecule has 122 valence electrons. The highest BCUT2D eigenvalue weighted by molar-refractivity contribution is 6.98. The molecule has 0 aliphatic heterocycles. The Morgan fingerprint density at radius 2 is 0.833 bits per heavy atom. The van der Waals surface area contributed by atoms with Gasteiger partial charge in [-0.25, -0.2) is 0 Å². The summed E-state index contributed by atoms with van der Waals surface area (Å²) in [6.45, 7) is 14.9. The molecular formula is C22H26Si2. The first-order valence-corrected chi connectivity index (χ1v) is 15.9. The molecule has 24 heavy (non-hydrogen) atoms. The lowest BCUT2D eigenvalue weighted by Gasteiger charge is -2.34. The predicted octanol–water partition coefficient (Wildman–Crippen LogP) is 5.58. The van der Waals surface area contributed by atoms with Crippen molar-refractivity contribution in [3.05, 3.63) is 48.5 Å². The zero-order valence-electron chi connectivity index (χ0n) is 15.6. The lowest BCUT2D eigenvalue weighted by molar-refractivity contribution is 1.55. The van der Waals surface area contributed by atoms with Crippen molar-refractivity contribution in [2.45, 2.75) is 39.3 Å². The number of hydrogen-bond acceptors (Lipinski definition) is 0. The summed E-state index contributed by atoms with van der Waals surface area (Å²) >= 11 is 0. The normalized spacial score (nSPS) is 13.4. The van der Waals surface area contributed by atoms with Gasteiger partial charge in [0.1, 0.15) is 0 Å². The van der Waals surface area contributed by atoms with Crippen LogP contribution in [0, 0.1) is 0 Å². The maximum atomic E-state index is 2.55. The van der Waals surface area contributed by atoms with Gasteiger partial charge in [-0.1, -0.05) is 86.1 Å². The third-order valence-electron chi connectivity index (χ3n) is 5.24. The molecule has 0 spiro atoms. The van der Waals surface area contributed by atoms with E-state index in [1.54, 1.807) is 10.4 Å². The van der Waals surface area contributed by atoms with E-state index in [-0.39, 0.29) is 0 Å². The molecule has 1 aliphatic carbocycles. The van der Waals surface area contributed by atoms with E-state index in [9.17, 15) is 0 Å². The van der Waals surface area contributed by atoms with Gasteiger partial charge in [0.05, 0.1) is 16.1 Å². The summed E-state index contributed by atoms with van der Waals surface area (Å²) in [6, 6.07) is 18.6. The van der Waals surface area contributed by atoms with Crippen molar-refractivity contribution in [2.75, 3.05) is 0 Å². The highest BCUT2D eigenvalue weighted by atomic mass is 28.3. The number of hydrogen-bond donors (Lipinski definition) is 0. The second kappa shape index (κ2) is 4.93. The summed E-state index contributed by atoms with van der Waals surface area (Å²) in [5, 5.41) is 6.06. The Kier molecular flexibility index (Phi) is 3.26. The van der Waals surface area contributed by atoms with Gasteiger partial charge in [0.15, 0.2) is 0 Å². The molecule has 0 aromatic heterocycles. The summed E-state index contributed by atoms with van der Waals surface area (Å²) in [6.07, 6.45) is 0. The molecule has 0 atom stereocenters. The van der Waals surface area contributed by atoms with E-state index < -0.39 is 16.1 Å². The van der Waals surface area contributed by atoms with Crippen molar-refractivity contribution >= 4 is 37.3 Å². The topological polar surface area (TPSA) is 0 Å². The quantitative estimate of drug-likeness (QED) is 0.416. The highest BCUT2D eigenvalue weighted by Gasteiger charge is 2.32. The summed E-state index contributed by atoms with van der Waals surface area (Å²) in [4.78, 5) is 0. The van der Waals surface area contributed by atoms with Gasteiger partial charge in [0.25, 0.3) is 0 Å². The fourth-order valence-electron chi connectivity index (χ4n) is 3.91. The molecule has 3 aromatic rings. The number of fused-ring (bicyclic) bond motifs is 5. The molecule has 0 unspecified atom stereocenters. The number of benzene rings is 3. The van der Waals surface area contributed by atoms with E-state index in [0.29, 0.717) is 0 Å². The molecule has 2 heteroatoms. The summed E-state index contributed by atoms with van der Waals surface area (Å²) in [5.74, 6) is 0. The molecule has 0 nitrogen and oxygen atoms in total. The lowest BCUT2D eigenvalue weighted by Crippen LogP contribution is -2.56. The molecule has 0 radical (unpaired) electrons. The maximum Gasteiger partial charge on any atom is 0.0774 e. The predicted molar refractivity (Wildman–Crippen MR) is 114 cm³/mol. The third-order valence-corrected chi connectivity index (χ3v) is 9.55. The second-order valence-electron chi connectivity index (χ2n) is 9.19. The SMILES string of the molecule is C[Si](C)(C)c1cc2c(cc1[Si](C)(C)C)-c1cc3ccccc3cc1-2. The minimum atomic E-state index is -1.35. The molecule has 0 amide bonds. The first kappa shape index (κ1) is 15.9. The molecule has 4 rings (SSSR count). The van der Waals surface area contributed by atoms with Crippen molar-refractivity contribution in [3.8, 4) is 22.3 Å². The van der Waals surface area contributed by atoms with Crippen LogP contribution in [-0.2, 0) is 0 Å². The van der Waals surface area contributed by atoms with Crippen LogP contribution in [-0.4, -0.2) is 16.1 Å². The first-order chi connectivity index (χ1) is 11.2. The minimum absolute atomic E-state index is 1.35. The van der Waals surface area contributed by atoms with E-state index in [1.807, 2.05) is 0 Å². The smallest absolute Gasteiger partial charge is 0.0656 e. The molecule has 1 aliphatic rings. The van der Waals surface area contributed by atoms with Gasteiger partial charge in [0.2, 0.25) is 0 Å². The van der Waals surface area contributed by atoms with Crippen LogP contribution in [0.25, 0.3) is 33.0 Å². The fraction of sp³-hybridized carbons (Fsp3) is 0.273. The minimum Gasteiger partial charge on any atom is -0.0656 e. The third kappa shape index (κ3) is 2.32. The van der Waals surface area contributed by atoms with E-state index in [2.05, 4.69) is 87.8 Å². The van der Waals surface area contributed by atoms with Crippen molar-refractivity contribution in [1.29, 1.82) is 0 Å². The maximum absolute atomic E-state index is 2.55. The van der Waals surface area contributed by atoms with Gasteiger partial charge in [-0.3, -0.25) is 0 Å².